The molecule has 1 unspecified atom stereocenters. The maximum absolute atomic E-state index is 2.57. The van der Waals surface area contributed by atoms with Gasteiger partial charge in [0.2, 0.25) is 0 Å². The standard InChI is InChI=1S/C48H32N2S/c1-2-13-32(14-3-1)49-43-22-10-7-19-39(43)48-38(20-12-23-45(48)49)35-16-5-4-15-34(35)31-25-27-44-40(29-31)36-17-6-9-21-42(36)50(44)33-26-28-47-41(30-33)37-18-8-11-24-46(37)51-47/h1-29,33H,30H2. The highest BCUT2D eigenvalue weighted by Gasteiger charge is 2.24. The molecule has 0 amide bonds. The molecular weight excluding hydrogens is 637 g/mol. The van der Waals surface area contributed by atoms with Gasteiger partial charge in [0.1, 0.15) is 0 Å². The lowest BCUT2D eigenvalue weighted by Crippen LogP contribution is -2.12. The second-order valence-corrected chi connectivity index (χ2v) is 14.7. The maximum atomic E-state index is 2.57. The topological polar surface area (TPSA) is 9.86 Å². The molecule has 240 valence electrons. The molecule has 3 aromatic heterocycles. The van der Waals surface area contributed by atoms with E-state index in [1.807, 2.05) is 11.3 Å². The zero-order chi connectivity index (χ0) is 33.5. The Balaban J connectivity index is 1.09. The van der Waals surface area contributed by atoms with Gasteiger partial charge in [-0.2, -0.15) is 0 Å². The smallest absolute Gasteiger partial charge is 0.0567 e. The molecule has 7 aromatic carbocycles. The van der Waals surface area contributed by atoms with E-state index in [1.54, 1.807) is 0 Å². The summed E-state index contributed by atoms with van der Waals surface area (Å²) in [5.74, 6) is 0. The van der Waals surface area contributed by atoms with Gasteiger partial charge in [-0.05, 0) is 94.2 Å². The van der Waals surface area contributed by atoms with Gasteiger partial charge in [-0.1, -0.05) is 121 Å². The molecule has 1 atom stereocenters. The van der Waals surface area contributed by atoms with Crippen LogP contribution in [0.1, 0.15) is 16.5 Å². The summed E-state index contributed by atoms with van der Waals surface area (Å²) in [6.45, 7) is 0. The number of fused-ring (bicyclic) bond motifs is 9. The average molecular weight is 669 g/mol. The minimum Gasteiger partial charge on any atom is -0.333 e. The van der Waals surface area contributed by atoms with Gasteiger partial charge in [-0.25, -0.2) is 0 Å². The van der Waals surface area contributed by atoms with Crippen LogP contribution in [0, 0.1) is 0 Å². The third kappa shape index (κ3) is 4.28. The van der Waals surface area contributed by atoms with E-state index in [0.29, 0.717) is 0 Å². The lowest BCUT2D eigenvalue weighted by atomic mass is 9.91. The van der Waals surface area contributed by atoms with Crippen LogP contribution in [0.4, 0.5) is 0 Å². The Bertz CT molecular complexity index is 3010. The Morgan fingerprint density at radius 1 is 0.490 bits per heavy atom. The van der Waals surface area contributed by atoms with E-state index in [0.717, 1.165) is 6.42 Å². The van der Waals surface area contributed by atoms with Crippen LogP contribution in [0.3, 0.4) is 0 Å². The van der Waals surface area contributed by atoms with Crippen LogP contribution in [0.5, 0.6) is 0 Å². The zero-order valence-corrected chi connectivity index (χ0v) is 28.6. The van der Waals surface area contributed by atoms with Gasteiger partial charge in [0.05, 0.1) is 17.1 Å². The first-order valence-corrected chi connectivity index (χ1v) is 18.5. The molecule has 2 nitrogen and oxygen atoms in total. The third-order valence-corrected chi connectivity index (χ3v) is 12.1. The van der Waals surface area contributed by atoms with E-state index >= 15 is 0 Å². The monoisotopic (exact) mass is 668 g/mol. The molecule has 1 aliphatic rings. The van der Waals surface area contributed by atoms with Crippen molar-refractivity contribution in [3.05, 3.63) is 180 Å². The van der Waals surface area contributed by atoms with E-state index in [2.05, 4.69) is 185 Å². The summed E-state index contributed by atoms with van der Waals surface area (Å²) in [7, 11) is 0. The third-order valence-electron chi connectivity index (χ3n) is 10.9. The molecular formula is C48H32N2S. The van der Waals surface area contributed by atoms with Gasteiger partial charge in [0.25, 0.3) is 0 Å². The molecule has 10 aromatic rings. The highest BCUT2D eigenvalue weighted by molar-refractivity contribution is 7.20. The number of benzene rings is 7. The van der Waals surface area contributed by atoms with Crippen LogP contribution in [0.15, 0.2) is 170 Å². The highest BCUT2D eigenvalue weighted by Crippen LogP contribution is 2.44. The molecule has 0 N–H and O–H groups in total. The van der Waals surface area contributed by atoms with Crippen molar-refractivity contribution in [1.29, 1.82) is 0 Å². The van der Waals surface area contributed by atoms with Crippen molar-refractivity contribution < 1.29 is 0 Å². The van der Waals surface area contributed by atoms with Crippen molar-refractivity contribution in [2.24, 2.45) is 0 Å². The second-order valence-electron chi connectivity index (χ2n) is 13.6. The summed E-state index contributed by atoms with van der Waals surface area (Å²) < 4.78 is 6.35. The Kier molecular flexibility index (Phi) is 6.28. The average Bonchev–Trinajstić information content (AvgIpc) is 3.85. The van der Waals surface area contributed by atoms with E-state index in [4.69, 9.17) is 0 Å². The molecule has 0 aliphatic heterocycles. The molecule has 3 heterocycles. The van der Waals surface area contributed by atoms with Crippen molar-refractivity contribution in [3.8, 4) is 27.9 Å². The molecule has 3 heteroatoms. The van der Waals surface area contributed by atoms with Crippen molar-refractivity contribution in [2.45, 2.75) is 12.5 Å². The van der Waals surface area contributed by atoms with E-state index in [9.17, 15) is 0 Å². The zero-order valence-electron chi connectivity index (χ0n) is 27.8. The second kappa shape index (κ2) is 11.2. The number of thiophene rings is 1. The predicted molar refractivity (Wildman–Crippen MR) is 218 cm³/mol. The Morgan fingerprint density at radius 3 is 2.04 bits per heavy atom. The summed E-state index contributed by atoms with van der Waals surface area (Å²) in [6, 6.07) is 60.4. The molecule has 0 fully saturated rings. The van der Waals surface area contributed by atoms with Gasteiger partial charge >= 0.3 is 0 Å². The predicted octanol–water partition coefficient (Wildman–Crippen LogP) is 13.3. The van der Waals surface area contributed by atoms with Gasteiger partial charge in [-0.3, -0.25) is 0 Å². The molecule has 1 aliphatic carbocycles. The molecule has 0 saturated heterocycles. The fraction of sp³-hybridized carbons (Fsp3) is 0.0417. The van der Waals surface area contributed by atoms with Crippen molar-refractivity contribution in [2.75, 3.05) is 0 Å². The van der Waals surface area contributed by atoms with Gasteiger partial charge in [0.15, 0.2) is 0 Å². The van der Waals surface area contributed by atoms with E-state index < -0.39 is 0 Å². The summed E-state index contributed by atoms with van der Waals surface area (Å²) in [5, 5.41) is 6.54. The van der Waals surface area contributed by atoms with Crippen LogP contribution in [0.25, 0.3) is 87.7 Å². The van der Waals surface area contributed by atoms with Crippen LogP contribution < -0.4 is 0 Å². The summed E-state index contributed by atoms with van der Waals surface area (Å²) in [6.07, 6.45) is 5.77. The van der Waals surface area contributed by atoms with E-state index in [-0.39, 0.29) is 6.04 Å². The highest BCUT2D eigenvalue weighted by atomic mass is 32.1. The molecule has 0 saturated carbocycles. The van der Waals surface area contributed by atoms with Crippen molar-refractivity contribution in [3.63, 3.8) is 0 Å². The molecule has 0 bridgehead atoms. The molecule has 0 radical (unpaired) electrons. The SMILES string of the molecule is C1=CC(n2c3ccccc3c3cc(-c4ccccc4-c4cccc5c4c4ccccc4n5-c4ccccc4)ccc32)Cc2c1sc1ccccc21. The first kappa shape index (κ1) is 28.7. The quantitative estimate of drug-likeness (QED) is 0.177. The number of hydrogen-bond acceptors (Lipinski definition) is 1. The van der Waals surface area contributed by atoms with Crippen molar-refractivity contribution in [1.82, 2.24) is 9.13 Å². The van der Waals surface area contributed by atoms with E-state index in [1.165, 1.54) is 92.1 Å². The van der Waals surface area contributed by atoms with Gasteiger partial charge in [0, 0.05) is 47.8 Å². The minimum absolute atomic E-state index is 0.246. The fourth-order valence-corrected chi connectivity index (χ4v) is 9.86. The molecule has 11 rings (SSSR count). The first-order valence-electron chi connectivity index (χ1n) is 17.7. The van der Waals surface area contributed by atoms with Gasteiger partial charge < -0.3 is 9.13 Å². The summed E-state index contributed by atoms with van der Waals surface area (Å²) in [4.78, 5) is 1.40. The number of nitrogens with zero attached hydrogens (tertiary/aromatic N) is 2. The molecule has 0 spiro atoms. The lowest BCUT2D eigenvalue weighted by Gasteiger charge is -2.22. The largest absolute Gasteiger partial charge is 0.333 e. The number of hydrogen-bond donors (Lipinski definition) is 0. The molecule has 51 heavy (non-hydrogen) atoms. The Hall–Kier alpha value is -6.16. The number of aromatic nitrogens is 2. The van der Waals surface area contributed by atoms with Crippen molar-refractivity contribution >= 4 is 71.1 Å². The number of rotatable bonds is 4. The number of allylic oxidation sites excluding steroid dienone is 1. The lowest BCUT2D eigenvalue weighted by molar-refractivity contribution is 0.640. The maximum Gasteiger partial charge on any atom is 0.0567 e. The van der Waals surface area contributed by atoms with Crippen LogP contribution in [-0.2, 0) is 6.42 Å². The van der Waals surface area contributed by atoms with Gasteiger partial charge in [-0.15, -0.1) is 11.3 Å². The normalized spacial score (nSPS) is 14.3. The van der Waals surface area contributed by atoms with Crippen LogP contribution >= 0.6 is 11.3 Å². The summed E-state index contributed by atoms with van der Waals surface area (Å²) >= 11 is 1.91. The Labute approximate surface area is 299 Å². The minimum atomic E-state index is 0.246. The first-order chi connectivity index (χ1) is 25.3. The summed E-state index contributed by atoms with van der Waals surface area (Å²) in [5.41, 5.74) is 12.6. The van der Waals surface area contributed by atoms with Crippen LogP contribution in [-0.4, -0.2) is 9.13 Å². The Morgan fingerprint density at radius 2 is 1.16 bits per heavy atom. The van der Waals surface area contributed by atoms with Crippen LogP contribution in [0.2, 0.25) is 0 Å². The fourth-order valence-electron chi connectivity index (χ4n) is 8.71. The number of para-hydroxylation sites is 3.